The second-order valence-electron chi connectivity index (χ2n) is 12.6. The van der Waals surface area contributed by atoms with E-state index in [9.17, 15) is 9.18 Å². The van der Waals surface area contributed by atoms with Crippen LogP contribution in [-0.2, 0) is 5.41 Å². The number of aryl methyl sites for hydroxylation is 1. The smallest absolute Gasteiger partial charge is 0.255 e. The van der Waals surface area contributed by atoms with Gasteiger partial charge in [-0.3, -0.25) is 9.69 Å². The summed E-state index contributed by atoms with van der Waals surface area (Å²) in [5, 5.41) is 0.178. The molecule has 218 valence electrons. The number of imidazole rings is 1. The molecule has 3 aliphatic rings. The highest BCUT2D eigenvalue weighted by Gasteiger charge is 2.44. The fraction of sp³-hybridized carbons (Fsp3) is 0.429. The minimum atomic E-state index is -0.426. The maximum atomic E-state index is 13.6. The Kier molecular flexibility index (Phi) is 7.31. The zero-order valence-corrected chi connectivity index (χ0v) is 24.9. The van der Waals surface area contributed by atoms with Crippen LogP contribution in [-0.4, -0.2) is 57.0 Å². The number of rotatable bonds is 6. The van der Waals surface area contributed by atoms with E-state index in [-0.39, 0.29) is 16.3 Å². The van der Waals surface area contributed by atoms with E-state index in [1.54, 1.807) is 0 Å². The monoisotopic (exact) mass is 584 g/mol. The van der Waals surface area contributed by atoms with E-state index in [4.69, 9.17) is 16.6 Å². The van der Waals surface area contributed by atoms with Crippen molar-refractivity contribution in [2.24, 2.45) is 0 Å². The number of amides is 1. The molecule has 7 heteroatoms. The predicted molar refractivity (Wildman–Crippen MR) is 166 cm³/mol. The van der Waals surface area contributed by atoms with Crippen LogP contribution in [0.4, 0.5) is 4.39 Å². The van der Waals surface area contributed by atoms with E-state index in [2.05, 4.69) is 71.0 Å². The topological polar surface area (TPSA) is 41.4 Å². The van der Waals surface area contributed by atoms with Crippen LogP contribution in [0, 0.1) is 12.7 Å². The van der Waals surface area contributed by atoms with Gasteiger partial charge in [0.05, 0.1) is 21.6 Å². The molecule has 0 aliphatic carbocycles. The zero-order valence-electron chi connectivity index (χ0n) is 24.2. The van der Waals surface area contributed by atoms with Gasteiger partial charge in [0.25, 0.3) is 5.91 Å². The molecular weight excluding hydrogens is 547 g/mol. The molecule has 0 saturated carbocycles. The van der Waals surface area contributed by atoms with Crippen LogP contribution in [0.5, 0.6) is 0 Å². The lowest BCUT2D eigenvalue weighted by Crippen LogP contribution is -2.49. The van der Waals surface area contributed by atoms with Crippen LogP contribution in [0.3, 0.4) is 0 Å². The van der Waals surface area contributed by atoms with E-state index >= 15 is 0 Å². The first-order valence-corrected chi connectivity index (χ1v) is 15.8. The van der Waals surface area contributed by atoms with E-state index in [1.165, 1.54) is 55.0 Å². The molecular formula is C35H38ClFN4O. The summed E-state index contributed by atoms with van der Waals surface area (Å²) < 4.78 is 16.1. The molecule has 4 heterocycles. The number of hydrogen-bond donors (Lipinski definition) is 0. The Bertz CT molecular complexity index is 1580. The first kappa shape index (κ1) is 27.6. The Hall–Kier alpha value is -3.22. The highest BCUT2D eigenvalue weighted by atomic mass is 35.5. The number of nitrogens with zero attached hydrogens (tertiary/aromatic N) is 4. The number of likely N-dealkylation sites (tertiary alicyclic amines) is 1. The largest absolute Gasteiger partial charge is 0.339 e. The van der Waals surface area contributed by atoms with Gasteiger partial charge in [-0.25, -0.2) is 9.37 Å². The van der Waals surface area contributed by atoms with E-state index < -0.39 is 5.82 Å². The second-order valence-corrected chi connectivity index (χ2v) is 13.0. The third-order valence-corrected chi connectivity index (χ3v) is 10.7. The number of aromatic nitrogens is 2. The summed E-state index contributed by atoms with van der Waals surface area (Å²) in [6.45, 7) is 4.57. The third kappa shape index (κ3) is 4.92. The van der Waals surface area contributed by atoms with Gasteiger partial charge in [-0.1, -0.05) is 54.1 Å². The summed E-state index contributed by atoms with van der Waals surface area (Å²) >= 11 is 6.25. The van der Waals surface area contributed by atoms with Gasteiger partial charge in [-0.15, -0.1) is 0 Å². The van der Waals surface area contributed by atoms with Gasteiger partial charge < -0.3 is 9.47 Å². The van der Waals surface area contributed by atoms with Crippen molar-refractivity contribution in [3.63, 3.8) is 0 Å². The SMILES string of the molecule is Cc1nc2ccccc2n1[C@H]1C[C@H]2CC[C@@H](C1)N2CCC1(c2ccccc2)CCN(C(=O)c2ccc(F)cc2Cl)CC1. The van der Waals surface area contributed by atoms with Crippen LogP contribution >= 0.6 is 11.6 Å². The van der Waals surface area contributed by atoms with E-state index in [0.29, 0.717) is 36.8 Å². The fourth-order valence-electron chi connectivity index (χ4n) is 8.24. The second kappa shape index (κ2) is 11.1. The average molecular weight is 585 g/mol. The number of carbonyl (C=O) groups excluding carboxylic acids is 1. The summed E-state index contributed by atoms with van der Waals surface area (Å²) in [5.41, 5.74) is 4.14. The third-order valence-electron chi connectivity index (χ3n) is 10.4. The Morgan fingerprint density at radius 2 is 1.64 bits per heavy atom. The van der Waals surface area contributed by atoms with Crippen molar-refractivity contribution in [1.82, 2.24) is 19.4 Å². The van der Waals surface area contributed by atoms with Gasteiger partial charge in [0.1, 0.15) is 11.6 Å². The maximum Gasteiger partial charge on any atom is 0.255 e. The number of hydrogen-bond acceptors (Lipinski definition) is 3. The lowest BCUT2D eigenvalue weighted by atomic mass is 9.70. The molecule has 0 radical (unpaired) electrons. The van der Waals surface area contributed by atoms with Crippen molar-refractivity contribution in [3.05, 3.63) is 101 Å². The molecule has 5 nitrogen and oxygen atoms in total. The van der Waals surface area contributed by atoms with Gasteiger partial charge >= 0.3 is 0 Å². The van der Waals surface area contributed by atoms with Crippen molar-refractivity contribution >= 4 is 28.5 Å². The van der Waals surface area contributed by atoms with Crippen LogP contribution in [0.15, 0.2) is 72.8 Å². The average Bonchev–Trinajstić information content (AvgIpc) is 3.46. The van der Waals surface area contributed by atoms with Gasteiger partial charge in [-0.05, 0) is 99.7 Å². The molecule has 0 unspecified atom stereocenters. The van der Waals surface area contributed by atoms with Crippen molar-refractivity contribution < 1.29 is 9.18 Å². The predicted octanol–water partition coefficient (Wildman–Crippen LogP) is 7.57. The molecule has 3 aromatic carbocycles. The Morgan fingerprint density at radius 3 is 2.36 bits per heavy atom. The zero-order chi connectivity index (χ0) is 28.8. The fourth-order valence-corrected chi connectivity index (χ4v) is 8.48. The number of carbonyl (C=O) groups is 1. The first-order chi connectivity index (χ1) is 20.4. The van der Waals surface area contributed by atoms with Gasteiger partial charge in [0.2, 0.25) is 0 Å². The highest BCUT2D eigenvalue weighted by molar-refractivity contribution is 6.33. The van der Waals surface area contributed by atoms with Crippen molar-refractivity contribution in [3.8, 4) is 0 Å². The number of piperidine rings is 2. The molecule has 7 rings (SSSR count). The van der Waals surface area contributed by atoms with Crippen LogP contribution in [0.25, 0.3) is 11.0 Å². The number of fused-ring (bicyclic) bond motifs is 3. The van der Waals surface area contributed by atoms with Gasteiger partial charge in [0.15, 0.2) is 0 Å². The number of halogens is 2. The molecule has 3 fully saturated rings. The van der Waals surface area contributed by atoms with Gasteiger partial charge in [-0.2, -0.15) is 0 Å². The summed E-state index contributed by atoms with van der Waals surface area (Å²) in [5.74, 6) is 0.592. The van der Waals surface area contributed by atoms with Crippen molar-refractivity contribution in [2.45, 2.75) is 75.4 Å². The molecule has 1 amide bonds. The van der Waals surface area contributed by atoms with Crippen LogP contribution in [0.2, 0.25) is 5.02 Å². The van der Waals surface area contributed by atoms with E-state index in [1.807, 2.05) is 4.90 Å². The highest BCUT2D eigenvalue weighted by Crippen LogP contribution is 2.45. The molecule has 4 aromatic rings. The molecule has 3 atom stereocenters. The Labute approximate surface area is 252 Å². The van der Waals surface area contributed by atoms with Crippen molar-refractivity contribution in [1.29, 1.82) is 0 Å². The lowest BCUT2D eigenvalue weighted by molar-refractivity contribution is 0.0607. The van der Waals surface area contributed by atoms with Crippen LogP contribution in [0.1, 0.15) is 72.7 Å². The minimum absolute atomic E-state index is 0.0259. The summed E-state index contributed by atoms with van der Waals surface area (Å²) in [6.07, 6.45) is 7.80. The Balaban J connectivity index is 1.06. The molecule has 3 aliphatic heterocycles. The normalized spacial score (nSPS) is 23.9. The Morgan fingerprint density at radius 1 is 0.952 bits per heavy atom. The van der Waals surface area contributed by atoms with Crippen LogP contribution < -0.4 is 0 Å². The lowest BCUT2D eigenvalue weighted by Gasteiger charge is -2.45. The number of benzene rings is 3. The summed E-state index contributed by atoms with van der Waals surface area (Å²) in [7, 11) is 0. The molecule has 1 aromatic heterocycles. The first-order valence-electron chi connectivity index (χ1n) is 15.4. The molecule has 0 N–H and O–H groups in total. The molecule has 42 heavy (non-hydrogen) atoms. The van der Waals surface area contributed by atoms with E-state index in [0.717, 1.165) is 37.1 Å². The minimum Gasteiger partial charge on any atom is -0.339 e. The summed E-state index contributed by atoms with van der Waals surface area (Å²) in [4.78, 5) is 22.9. The van der Waals surface area contributed by atoms with Crippen molar-refractivity contribution in [2.75, 3.05) is 19.6 Å². The standard InChI is InChI=1S/C35H38ClFN4O/c1-24-38-32-9-5-6-10-33(32)41(24)29-22-27-12-13-28(23-29)40(27)20-17-35(25-7-3-2-4-8-25)15-18-39(19-16-35)34(42)30-14-11-26(37)21-31(30)36/h2-11,14,21,27-29H,12-13,15-20,22-23H2,1H3/t27-,28+,29+. The quantitative estimate of drug-likeness (QED) is 0.235. The number of para-hydroxylation sites is 2. The molecule has 2 bridgehead atoms. The maximum absolute atomic E-state index is 13.6. The van der Waals surface area contributed by atoms with Gasteiger partial charge in [0, 0.05) is 31.2 Å². The molecule has 0 spiro atoms. The summed E-state index contributed by atoms with van der Waals surface area (Å²) in [6, 6.07) is 25.2. The molecule has 3 saturated heterocycles.